The summed E-state index contributed by atoms with van der Waals surface area (Å²) < 4.78 is 42.3. The number of alkyl halides is 3. The van der Waals surface area contributed by atoms with E-state index in [0.717, 1.165) is 0 Å². The number of likely N-dealkylation sites (tertiary alicyclic amines) is 1. The topological polar surface area (TPSA) is 55.6 Å². The van der Waals surface area contributed by atoms with Gasteiger partial charge in [0, 0.05) is 26.2 Å². The second-order valence-corrected chi connectivity index (χ2v) is 4.18. The number of amides is 1. The summed E-state index contributed by atoms with van der Waals surface area (Å²) in [5.41, 5.74) is 5.48. The first-order valence-electron chi connectivity index (χ1n) is 5.45. The molecule has 0 saturated carbocycles. The van der Waals surface area contributed by atoms with E-state index in [4.69, 9.17) is 10.5 Å². The molecular formula is C10H17F3N2O2. The minimum Gasteiger partial charge on any atom is -0.384 e. The van der Waals surface area contributed by atoms with E-state index in [2.05, 4.69) is 0 Å². The van der Waals surface area contributed by atoms with Gasteiger partial charge in [-0.05, 0) is 6.42 Å². The smallest absolute Gasteiger partial charge is 0.384 e. The average Bonchev–Trinajstić information content (AvgIpc) is 2.23. The number of methoxy groups -OCH3 is 1. The number of hydrogen-bond donors (Lipinski definition) is 1. The van der Waals surface area contributed by atoms with Gasteiger partial charge in [-0.25, -0.2) is 0 Å². The maximum Gasteiger partial charge on any atom is 0.393 e. The van der Waals surface area contributed by atoms with E-state index >= 15 is 0 Å². The van der Waals surface area contributed by atoms with E-state index in [1.54, 1.807) is 0 Å². The van der Waals surface area contributed by atoms with Crippen molar-refractivity contribution in [2.24, 2.45) is 11.7 Å². The molecule has 1 rings (SSSR count). The molecule has 0 radical (unpaired) electrons. The van der Waals surface area contributed by atoms with Crippen LogP contribution in [-0.4, -0.2) is 49.8 Å². The number of carbonyl (C=O) groups is 1. The maximum atomic E-state index is 12.5. The van der Waals surface area contributed by atoms with Gasteiger partial charge in [0.05, 0.1) is 18.9 Å². The molecule has 1 heterocycles. The van der Waals surface area contributed by atoms with Crippen molar-refractivity contribution in [2.45, 2.75) is 25.1 Å². The van der Waals surface area contributed by atoms with Gasteiger partial charge in [-0.2, -0.15) is 13.2 Å². The Kier molecular flexibility index (Phi) is 4.76. The number of hydrogen-bond acceptors (Lipinski definition) is 3. The van der Waals surface area contributed by atoms with Gasteiger partial charge in [-0.15, -0.1) is 0 Å². The number of ether oxygens (including phenoxy) is 1. The Bertz CT molecular complexity index is 271. The molecule has 0 aromatic rings. The molecule has 7 heteroatoms. The normalized spacial score (nSPS) is 26.1. The predicted molar refractivity (Wildman–Crippen MR) is 55.2 cm³/mol. The molecule has 1 aliphatic rings. The van der Waals surface area contributed by atoms with Crippen LogP contribution in [0, 0.1) is 5.92 Å². The van der Waals surface area contributed by atoms with Crippen molar-refractivity contribution in [3.05, 3.63) is 0 Å². The Morgan fingerprint density at radius 1 is 1.53 bits per heavy atom. The van der Waals surface area contributed by atoms with Gasteiger partial charge < -0.3 is 15.4 Å². The van der Waals surface area contributed by atoms with E-state index in [1.807, 2.05) is 0 Å². The third-order valence-corrected chi connectivity index (χ3v) is 2.95. The van der Waals surface area contributed by atoms with Crippen LogP contribution in [0.15, 0.2) is 0 Å². The monoisotopic (exact) mass is 254 g/mol. The second-order valence-electron chi connectivity index (χ2n) is 4.18. The first-order valence-corrected chi connectivity index (χ1v) is 5.45. The summed E-state index contributed by atoms with van der Waals surface area (Å²) in [7, 11) is 1.47. The summed E-state index contributed by atoms with van der Waals surface area (Å²) in [6, 6.07) is -1.03. The van der Waals surface area contributed by atoms with Crippen LogP contribution in [0.25, 0.3) is 0 Å². The highest BCUT2D eigenvalue weighted by molar-refractivity contribution is 5.76. The lowest BCUT2D eigenvalue weighted by molar-refractivity contribution is -0.191. The first-order chi connectivity index (χ1) is 7.86. The molecule has 1 aliphatic heterocycles. The SMILES string of the molecule is COCCC(=O)N1CCC(C(F)(F)F)C(N)C1. The third kappa shape index (κ3) is 3.85. The number of halogens is 3. The van der Waals surface area contributed by atoms with Gasteiger partial charge in [-0.1, -0.05) is 0 Å². The van der Waals surface area contributed by atoms with Crippen molar-refractivity contribution >= 4 is 5.91 Å². The molecule has 0 aromatic carbocycles. The van der Waals surface area contributed by atoms with Gasteiger partial charge in [0.1, 0.15) is 0 Å². The van der Waals surface area contributed by atoms with Gasteiger partial charge >= 0.3 is 6.18 Å². The number of nitrogens with zero attached hydrogens (tertiary/aromatic N) is 1. The Morgan fingerprint density at radius 2 is 2.18 bits per heavy atom. The summed E-state index contributed by atoms with van der Waals surface area (Å²) in [4.78, 5) is 12.9. The number of carbonyl (C=O) groups excluding carboxylic acids is 1. The first kappa shape index (κ1) is 14.2. The van der Waals surface area contributed by atoms with E-state index in [0.29, 0.717) is 0 Å². The van der Waals surface area contributed by atoms with Crippen molar-refractivity contribution in [3.63, 3.8) is 0 Å². The van der Waals surface area contributed by atoms with E-state index < -0.39 is 18.1 Å². The van der Waals surface area contributed by atoms with Crippen molar-refractivity contribution < 1.29 is 22.7 Å². The molecule has 2 unspecified atom stereocenters. The zero-order chi connectivity index (χ0) is 13.1. The molecule has 1 saturated heterocycles. The molecule has 1 amide bonds. The molecule has 100 valence electrons. The largest absolute Gasteiger partial charge is 0.393 e. The Balaban J connectivity index is 2.49. The molecule has 1 fully saturated rings. The molecule has 0 bridgehead atoms. The van der Waals surface area contributed by atoms with Gasteiger partial charge in [0.2, 0.25) is 5.91 Å². The average molecular weight is 254 g/mol. The van der Waals surface area contributed by atoms with Crippen LogP contribution in [0.4, 0.5) is 13.2 Å². The highest BCUT2D eigenvalue weighted by atomic mass is 19.4. The quantitative estimate of drug-likeness (QED) is 0.809. The number of piperidine rings is 1. The third-order valence-electron chi connectivity index (χ3n) is 2.95. The van der Waals surface area contributed by atoms with Gasteiger partial charge in [0.15, 0.2) is 0 Å². The molecule has 0 aromatic heterocycles. The lowest BCUT2D eigenvalue weighted by atomic mass is 9.91. The summed E-state index contributed by atoms with van der Waals surface area (Å²) in [5, 5.41) is 0. The van der Waals surface area contributed by atoms with Crippen LogP contribution in [0.2, 0.25) is 0 Å². The molecule has 0 aliphatic carbocycles. The van der Waals surface area contributed by atoms with Crippen molar-refractivity contribution in [1.82, 2.24) is 4.90 Å². The summed E-state index contributed by atoms with van der Waals surface area (Å²) >= 11 is 0. The minimum absolute atomic E-state index is 0.0350. The summed E-state index contributed by atoms with van der Waals surface area (Å²) in [6.07, 6.45) is -4.22. The fourth-order valence-corrected chi connectivity index (χ4v) is 1.96. The van der Waals surface area contributed by atoms with Gasteiger partial charge in [-0.3, -0.25) is 4.79 Å². The number of nitrogens with two attached hydrogens (primary N) is 1. The molecular weight excluding hydrogens is 237 g/mol. The van der Waals surface area contributed by atoms with Crippen molar-refractivity contribution in [1.29, 1.82) is 0 Å². The maximum absolute atomic E-state index is 12.5. The van der Waals surface area contributed by atoms with Crippen LogP contribution >= 0.6 is 0 Å². The van der Waals surface area contributed by atoms with Crippen LogP contribution < -0.4 is 5.73 Å². The van der Waals surface area contributed by atoms with E-state index in [9.17, 15) is 18.0 Å². The lowest BCUT2D eigenvalue weighted by Crippen LogP contribution is -2.54. The van der Waals surface area contributed by atoms with Crippen LogP contribution in [0.5, 0.6) is 0 Å². The Morgan fingerprint density at radius 3 is 2.65 bits per heavy atom. The Hall–Kier alpha value is -0.820. The standard InChI is InChI=1S/C10H17F3N2O2/c1-17-5-3-9(16)15-4-2-7(8(14)6-15)10(11,12)13/h7-8H,2-6,14H2,1H3. The zero-order valence-electron chi connectivity index (χ0n) is 9.67. The fourth-order valence-electron chi connectivity index (χ4n) is 1.96. The summed E-state index contributed by atoms with van der Waals surface area (Å²) in [6.45, 7) is 0.348. The van der Waals surface area contributed by atoms with Crippen LogP contribution in [-0.2, 0) is 9.53 Å². The highest BCUT2D eigenvalue weighted by Crippen LogP contribution is 2.33. The fraction of sp³-hybridized carbons (Fsp3) is 0.900. The van der Waals surface area contributed by atoms with Crippen molar-refractivity contribution in [3.8, 4) is 0 Å². The molecule has 4 nitrogen and oxygen atoms in total. The predicted octanol–water partition coefficient (Wildman–Crippen LogP) is 0.761. The lowest BCUT2D eigenvalue weighted by Gasteiger charge is -2.37. The molecule has 2 atom stereocenters. The van der Waals surface area contributed by atoms with Gasteiger partial charge in [0.25, 0.3) is 0 Å². The summed E-state index contributed by atoms with van der Waals surface area (Å²) in [5.74, 6) is -1.71. The van der Waals surface area contributed by atoms with Crippen molar-refractivity contribution in [2.75, 3.05) is 26.8 Å². The zero-order valence-corrected chi connectivity index (χ0v) is 9.67. The Labute approximate surface area is 97.9 Å². The highest BCUT2D eigenvalue weighted by Gasteiger charge is 2.46. The molecule has 0 spiro atoms. The minimum atomic E-state index is -4.28. The van der Waals surface area contributed by atoms with E-state index in [1.165, 1.54) is 12.0 Å². The molecule has 2 N–H and O–H groups in total. The number of rotatable bonds is 3. The second kappa shape index (κ2) is 5.68. The molecule has 17 heavy (non-hydrogen) atoms. The van der Waals surface area contributed by atoms with E-state index in [-0.39, 0.29) is 38.4 Å². The van der Waals surface area contributed by atoms with Crippen LogP contribution in [0.1, 0.15) is 12.8 Å². The van der Waals surface area contributed by atoms with Crippen LogP contribution in [0.3, 0.4) is 0 Å².